The zero-order chi connectivity index (χ0) is 7.94. The lowest BCUT2D eigenvalue weighted by molar-refractivity contribution is 0.632. The van der Waals surface area contributed by atoms with Crippen molar-refractivity contribution in [3.05, 3.63) is 18.0 Å². The lowest BCUT2D eigenvalue weighted by Gasteiger charge is -1.99. The fraction of sp³-hybridized carbons (Fsp3) is 0.625. The summed E-state index contributed by atoms with van der Waals surface area (Å²) in [5.74, 6) is 0. The maximum absolute atomic E-state index is 3.86. The van der Waals surface area contributed by atoms with Crippen LogP contribution in [0.25, 0.3) is 0 Å². The summed E-state index contributed by atoms with van der Waals surface area (Å²) in [6.45, 7) is 4.19. The minimum atomic E-state index is 0.903. The van der Waals surface area contributed by atoms with E-state index in [1.54, 1.807) is 6.20 Å². The molecule has 0 atom stereocenters. The van der Waals surface area contributed by atoms with Crippen molar-refractivity contribution in [2.45, 2.75) is 26.3 Å². The minimum absolute atomic E-state index is 0.903. The second-order valence-corrected chi connectivity index (χ2v) is 2.61. The predicted octanol–water partition coefficient (Wildman–Crippen LogP) is 1.30. The summed E-state index contributed by atoms with van der Waals surface area (Å²) in [5, 5.41) is 10.1. The molecule has 62 valence electrons. The van der Waals surface area contributed by atoms with Gasteiger partial charge in [0.05, 0.1) is 0 Å². The molecule has 1 aromatic heterocycles. The van der Waals surface area contributed by atoms with Crippen molar-refractivity contribution in [2.24, 2.45) is 0 Å². The van der Waals surface area contributed by atoms with Crippen molar-refractivity contribution < 1.29 is 0 Å². The maximum atomic E-state index is 3.86. The van der Waals surface area contributed by atoms with Gasteiger partial charge in [-0.2, -0.15) is 5.10 Å². The third-order valence-corrected chi connectivity index (χ3v) is 1.58. The Hall–Kier alpha value is -0.830. The first kappa shape index (κ1) is 8.27. The molecule has 0 fully saturated rings. The van der Waals surface area contributed by atoms with Gasteiger partial charge in [0, 0.05) is 18.4 Å². The summed E-state index contributed by atoms with van der Waals surface area (Å²) in [4.78, 5) is 0. The second kappa shape index (κ2) is 4.91. The van der Waals surface area contributed by atoms with Crippen LogP contribution in [0.15, 0.2) is 12.3 Å². The zero-order valence-electron chi connectivity index (χ0n) is 6.93. The first-order chi connectivity index (χ1) is 5.43. The highest BCUT2D eigenvalue weighted by atomic mass is 15.1. The Morgan fingerprint density at radius 1 is 1.64 bits per heavy atom. The zero-order valence-corrected chi connectivity index (χ0v) is 6.93. The van der Waals surface area contributed by atoms with Crippen LogP contribution in [0.1, 0.15) is 25.5 Å². The van der Waals surface area contributed by atoms with Crippen LogP contribution in [0.2, 0.25) is 0 Å². The number of H-pyrrole nitrogens is 1. The molecule has 0 aliphatic rings. The number of aromatic nitrogens is 2. The van der Waals surface area contributed by atoms with E-state index in [1.165, 1.54) is 12.8 Å². The number of aromatic amines is 1. The number of hydrogen-bond acceptors (Lipinski definition) is 2. The smallest absolute Gasteiger partial charge is 0.0490 e. The van der Waals surface area contributed by atoms with E-state index in [-0.39, 0.29) is 0 Å². The number of rotatable bonds is 5. The van der Waals surface area contributed by atoms with Gasteiger partial charge in [0.25, 0.3) is 0 Å². The Balaban J connectivity index is 2.04. The van der Waals surface area contributed by atoms with E-state index in [0.29, 0.717) is 0 Å². The van der Waals surface area contributed by atoms with Gasteiger partial charge < -0.3 is 5.32 Å². The fourth-order valence-corrected chi connectivity index (χ4v) is 0.908. The second-order valence-electron chi connectivity index (χ2n) is 2.61. The molecule has 0 spiro atoms. The summed E-state index contributed by atoms with van der Waals surface area (Å²) >= 11 is 0. The number of unbranched alkanes of at least 4 members (excludes halogenated alkanes) is 1. The van der Waals surface area contributed by atoms with Crippen molar-refractivity contribution in [2.75, 3.05) is 6.54 Å². The molecule has 0 aliphatic carbocycles. The third kappa shape index (κ3) is 3.18. The average molecular weight is 153 g/mol. The quantitative estimate of drug-likeness (QED) is 0.626. The molecule has 0 amide bonds. The third-order valence-electron chi connectivity index (χ3n) is 1.58. The van der Waals surface area contributed by atoms with Gasteiger partial charge in [0.15, 0.2) is 0 Å². The summed E-state index contributed by atoms with van der Waals surface area (Å²) in [7, 11) is 0. The molecular formula is C8H15N3. The number of nitrogens with zero attached hydrogens (tertiary/aromatic N) is 1. The molecule has 0 bridgehead atoms. The van der Waals surface area contributed by atoms with Crippen molar-refractivity contribution >= 4 is 0 Å². The monoisotopic (exact) mass is 153 g/mol. The summed E-state index contributed by atoms with van der Waals surface area (Å²) < 4.78 is 0. The minimum Gasteiger partial charge on any atom is -0.311 e. The standard InChI is InChI=1S/C8H15N3/c1-2-3-5-9-7-8-4-6-10-11-8/h4,6,9H,2-3,5,7H2,1H3,(H,10,11). The van der Waals surface area contributed by atoms with Gasteiger partial charge in [-0.15, -0.1) is 0 Å². The molecule has 3 heteroatoms. The molecule has 2 N–H and O–H groups in total. The van der Waals surface area contributed by atoms with Crippen molar-refractivity contribution in [1.29, 1.82) is 0 Å². The highest BCUT2D eigenvalue weighted by Gasteiger charge is 1.90. The Labute approximate surface area is 67.2 Å². The van der Waals surface area contributed by atoms with Gasteiger partial charge in [0.2, 0.25) is 0 Å². The van der Waals surface area contributed by atoms with Crippen LogP contribution in [0.3, 0.4) is 0 Å². The summed E-state index contributed by atoms with van der Waals surface area (Å²) in [6, 6.07) is 1.99. The molecule has 0 aromatic carbocycles. The van der Waals surface area contributed by atoms with Crippen LogP contribution in [0.5, 0.6) is 0 Å². The molecule has 1 heterocycles. The van der Waals surface area contributed by atoms with Gasteiger partial charge in [-0.25, -0.2) is 0 Å². The van der Waals surface area contributed by atoms with Gasteiger partial charge in [-0.05, 0) is 19.0 Å². The van der Waals surface area contributed by atoms with Crippen LogP contribution >= 0.6 is 0 Å². The van der Waals surface area contributed by atoms with E-state index in [2.05, 4.69) is 22.4 Å². The van der Waals surface area contributed by atoms with E-state index in [9.17, 15) is 0 Å². The van der Waals surface area contributed by atoms with Crippen molar-refractivity contribution in [1.82, 2.24) is 15.5 Å². The van der Waals surface area contributed by atoms with Crippen LogP contribution in [0, 0.1) is 0 Å². The van der Waals surface area contributed by atoms with Crippen LogP contribution < -0.4 is 5.32 Å². The molecule has 1 aromatic rings. The van der Waals surface area contributed by atoms with Gasteiger partial charge in [0.1, 0.15) is 0 Å². The van der Waals surface area contributed by atoms with E-state index < -0.39 is 0 Å². The van der Waals surface area contributed by atoms with Crippen molar-refractivity contribution in [3.8, 4) is 0 Å². The summed E-state index contributed by atoms with van der Waals surface area (Å²) in [5.41, 5.74) is 1.15. The van der Waals surface area contributed by atoms with E-state index in [4.69, 9.17) is 0 Å². The topological polar surface area (TPSA) is 40.7 Å². The van der Waals surface area contributed by atoms with E-state index in [1.807, 2.05) is 6.07 Å². The Kier molecular flexibility index (Phi) is 3.69. The SMILES string of the molecule is CCCCNCc1ccn[nH]1. The van der Waals surface area contributed by atoms with Gasteiger partial charge >= 0.3 is 0 Å². The van der Waals surface area contributed by atoms with E-state index >= 15 is 0 Å². The van der Waals surface area contributed by atoms with Crippen LogP contribution in [0.4, 0.5) is 0 Å². The first-order valence-corrected chi connectivity index (χ1v) is 4.12. The molecule has 3 nitrogen and oxygen atoms in total. The maximum Gasteiger partial charge on any atom is 0.0490 e. The normalized spacial score (nSPS) is 10.3. The highest BCUT2D eigenvalue weighted by Crippen LogP contribution is 1.90. The molecule has 0 aliphatic heterocycles. The van der Waals surface area contributed by atoms with Crippen molar-refractivity contribution in [3.63, 3.8) is 0 Å². The lowest BCUT2D eigenvalue weighted by Crippen LogP contribution is -2.14. The van der Waals surface area contributed by atoms with E-state index in [0.717, 1.165) is 18.8 Å². The van der Waals surface area contributed by atoms with Crippen LogP contribution in [-0.4, -0.2) is 16.7 Å². The Morgan fingerprint density at radius 2 is 2.55 bits per heavy atom. The van der Waals surface area contributed by atoms with Gasteiger partial charge in [-0.1, -0.05) is 13.3 Å². The number of hydrogen-bond donors (Lipinski definition) is 2. The molecule has 0 unspecified atom stereocenters. The molecule has 11 heavy (non-hydrogen) atoms. The summed E-state index contributed by atoms with van der Waals surface area (Å²) in [6.07, 6.45) is 4.26. The molecule has 1 rings (SSSR count). The van der Waals surface area contributed by atoms with Gasteiger partial charge in [-0.3, -0.25) is 5.10 Å². The largest absolute Gasteiger partial charge is 0.311 e. The first-order valence-electron chi connectivity index (χ1n) is 4.12. The molecule has 0 saturated carbocycles. The van der Waals surface area contributed by atoms with Crippen LogP contribution in [-0.2, 0) is 6.54 Å². The molecule has 0 saturated heterocycles. The Bertz CT molecular complexity index is 169. The molecular weight excluding hydrogens is 138 g/mol. The molecule has 0 radical (unpaired) electrons. The predicted molar refractivity (Wildman–Crippen MR) is 45.2 cm³/mol. The fourth-order valence-electron chi connectivity index (χ4n) is 0.908. The highest BCUT2D eigenvalue weighted by molar-refractivity contribution is 4.96. The Morgan fingerprint density at radius 3 is 3.18 bits per heavy atom. The number of nitrogens with one attached hydrogen (secondary N) is 2. The average Bonchev–Trinajstić information content (AvgIpc) is 2.50. The lowest BCUT2D eigenvalue weighted by atomic mass is 10.3.